The molecule has 0 fully saturated rings. The molecule has 1 amide bonds. The lowest BCUT2D eigenvalue weighted by Crippen LogP contribution is -2.27. The zero-order chi connectivity index (χ0) is 17.6. The highest BCUT2D eigenvalue weighted by atomic mass is 16.5. The average Bonchev–Trinajstić information content (AvgIpc) is 2.62. The standard InChI is InChI=1S/C21H22N2O2/c1-15-8-9-19(25-2)18(13-15)14-20(24)22-12-10-17-6-3-5-16-7-4-11-23-21(16)17/h3-9,11,13H,10,12,14H2,1-2H3,(H,22,24). The van der Waals surface area contributed by atoms with E-state index in [-0.39, 0.29) is 5.91 Å². The third-order valence-electron chi connectivity index (χ3n) is 4.22. The Bertz CT molecular complexity index is 885. The predicted octanol–water partition coefficient (Wildman–Crippen LogP) is 3.45. The second kappa shape index (κ2) is 7.79. The normalized spacial score (nSPS) is 10.6. The molecule has 3 aromatic rings. The number of nitrogens with one attached hydrogen (secondary N) is 1. The van der Waals surface area contributed by atoms with E-state index in [0.29, 0.717) is 13.0 Å². The molecule has 0 atom stereocenters. The zero-order valence-electron chi connectivity index (χ0n) is 14.6. The molecule has 0 aliphatic carbocycles. The number of ether oxygens (including phenoxy) is 1. The quantitative estimate of drug-likeness (QED) is 0.751. The molecule has 0 unspecified atom stereocenters. The minimum Gasteiger partial charge on any atom is -0.496 e. The molecular weight excluding hydrogens is 312 g/mol. The van der Waals surface area contributed by atoms with Crippen molar-refractivity contribution in [3.63, 3.8) is 0 Å². The van der Waals surface area contributed by atoms with Gasteiger partial charge in [-0.05, 0) is 31.0 Å². The summed E-state index contributed by atoms with van der Waals surface area (Å²) in [4.78, 5) is 16.7. The highest BCUT2D eigenvalue weighted by Crippen LogP contribution is 2.20. The number of para-hydroxylation sites is 1. The van der Waals surface area contributed by atoms with Crippen LogP contribution >= 0.6 is 0 Å². The maximum absolute atomic E-state index is 12.3. The Hall–Kier alpha value is -2.88. The molecule has 4 heteroatoms. The van der Waals surface area contributed by atoms with Gasteiger partial charge in [-0.25, -0.2) is 0 Å². The van der Waals surface area contributed by atoms with Gasteiger partial charge in [-0.3, -0.25) is 9.78 Å². The second-order valence-electron chi connectivity index (χ2n) is 6.08. The van der Waals surface area contributed by atoms with Crippen LogP contribution in [0.3, 0.4) is 0 Å². The van der Waals surface area contributed by atoms with Crippen LogP contribution in [0.15, 0.2) is 54.7 Å². The van der Waals surface area contributed by atoms with Crippen molar-refractivity contribution in [1.82, 2.24) is 10.3 Å². The summed E-state index contributed by atoms with van der Waals surface area (Å²) in [6, 6.07) is 16.0. The number of aromatic nitrogens is 1. The van der Waals surface area contributed by atoms with Gasteiger partial charge in [0.15, 0.2) is 0 Å². The Balaban J connectivity index is 1.60. The van der Waals surface area contributed by atoms with Crippen molar-refractivity contribution in [3.05, 3.63) is 71.4 Å². The largest absolute Gasteiger partial charge is 0.496 e. The molecule has 0 spiro atoms. The molecule has 0 aliphatic rings. The number of amides is 1. The molecular formula is C21H22N2O2. The molecule has 0 saturated heterocycles. The topological polar surface area (TPSA) is 51.2 Å². The Morgan fingerprint density at radius 3 is 2.80 bits per heavy atom. The SMILES string of the molecule is COc1ccc(C)cc1CC(=O)NCCc1cccc2cccnc12. The molecule has 0 radical (unpaired) electrons. The molecule has 1 heterocycles. The Labute approximate surface area is 147 Å². The van der Waals surface area contributed by atoms with Crippen molar-refractivity contribution < 1.29 is 9.53 Å². The molecule has 0 bridgehead atoms. The predicted molar refractivity (Wildman–Crippen MR) is 99.9 cm³/mol. The van der Waals surface area contributed by atoms with Crippen molar-refractivity contribution in [2.45, 2.75) is 19.8 Å². The summed E-state index contributed by atoms with van der Waals surface area (Å²) in [5.74, 6) is 0.746. The maximum Gasteiger partial charge on any atom is 0.224 e. The number of carbonyl (C=O) groups excluding carboxylic acids is 1. The van der Waals surface area contributed by atoms with Crippen molar-refractivity contribution >= 4 is 16.8 Å². The number of hydrogen-bond acceptors (Lipinski definition) is 3. The summed E-state index contributed by atoms with van der Waals surface area (Å²) in [5, 5.41) is 4.11. The van der Waals surface area contributed by atoms with Gasteiger partial charge >= 0.3 is 0 Å². The lowest BCUT2D eigenvalue weighted by molar-refractivity contribution is -0.120. The van der Waals surface area contributed by atoms with Gasteiger partial charge in [0.25, 0.3) is 0 Å². The van der Waals surface area contributed by atoms with Gasteiger partial charge in [0.05, 0.1) is 19.0 Å². The summed E-state index contributed by atoms with van der Waals surface area (Å²) < 4.78 is 5.33. The van der Waals surface area contributed by atoms with E-state index in [4.69, 9.17) is 4.74 Å². The Morgan fingerprint density at radius 1 is 1.12 bits per heavy atom. The fraction of sp³-hybridized carbons (Fsp3) is 0.238. The molecule has 3 rings (SSSR count). The lowest BCUT2D eigenvalue weighted by Gasteiger charge is -2.10. The summed E-state index contributed by atoms with van der Waals surface area (Å²) in [6.45, 7) is 2.59. The van der Waals surface area contributed by atoms with Gasteiger partial charge < -0.3 is 10.1 Å². The van der Waals surface area contributed by atoms with E-state index in [0.717, 1.165) is 39.8 Å². The number of nitrogens with zero attached hydrogens (tertiary/aromatic N) is 1. The molecule has 0 aliphatic heterocycles. The van der Waals surface area contributed by atoms with Crippen molar-refractivity contribution in [1.29, 1.82) is 0 Å². The van der Waals surface area contributed by atoms with Crippen LogP contribution in [-0.4, -0.2) is 24.5 Å². The minimum absolute atomic E-state index is 0.00269. The van der Waals surface area contributed by atoms with Crippen molar-refractivity contribution in [2.24, 2.45) is 0 Å². The van der Waals surface area contributed by atoms with E-state index >= 15 is 0 Å². The van der Waals surface area contributed by atoms with E-state index in [1.165, 1.54) is 0 Å². The molecule has 25 heavy (non-hydrogen) atoms. The average molecular weight is 334 g/mol. The third kappa shape index (κ3) is 4.15. The highest BCUT2D eigenvalue weighted by molar-refractivity contribution is 5.82. The number of methoxy groups -OCH3 is 1. The van der Waals surface area contributed by atoms with E-state index in [9.17, 15) is 4.79 Å². The van der Waals surface area contributed by atoms with E-state index in [2.05, 4.69) is 28.5 Å². The number of fused-ring (bicyclic) bond motifs is 1. The molecule has 0 saturated carbocycles. The number of hydrogen-bond donors (Lipinski definition) is 1. The number of rotatable bonds is 6. The van der Waals surface area contributed by atoms with Crippen LogP contribution in [-0.2, 0) is 17.6 Å². The van der Waals surface area contributed by atoms with Crippen LogP contribution in [0.1, 0.15) is 16.7 Å². The molecule has 128 valence electrons. The van der Waals surface area contributed by atoms with Crippen LogP contribution in [0, 0.1) is 6.92 Å². The Morgan fingerprint density at radius 2 is 1.96 bits per heavy atom. The molecule has 1 N–H and O–H groups in total. The molecule has 4 nitrogen and oxygen atoms in total. The smallest absolute Gasteiger partial charge is 0.224 e. The first-order valence-corrected chi connectivity index (χ1v) is 8.40. The van der Waals surface area contributed by atoms with Gasteiger partial charge in [0, 0.05) is 23.7 Å². The maximum atomic E-state index is 12.3. The van der Waals surface area contributed by atoms with E-state index < -0.39 is 0 Å². The first-order valence-electron chi connectivity index (χ1n) is 8.40. The van der Waals surface area contributed by atoms with Gasteiger partial charge in [-0.15, -0.1) is 0 Å². The summed E-state index contributed by atoms with van der Waals surface area (Å²) in [6.07, 6.45) is 2.87. The fourth-order valence-corrected chi connectivity index (χ4v) is 2.99. The van der Waals surface area contributed by atoms with Gasteiger partial charge in [-0.1, -0.05) is 42.0 Å². The van der Waals surface area contributed by atoms with E-state index in [1.807, 2.05) is 37.3 Å². The van der Waals surface area contributed by atoms with Crippen LogP contribution in [0.5, 0.6) is 5.75 Å². The summed E-state index contributed by atoms with van der Waals surface area (Å²) in [7, 11) is 1.62. The third-order valence-corrected chi connectivity index (χ3v) is 4.22. The number of pyridine rings is 1. The number of benzene rings is 2. The molecule has 1 aromatic heterocycles. The van der Waals surface area contributed by atoms with Gasteiger partial charge in [-0.2, -0.15) is 0 Å². The van der Waals surface area contributed by atoms with Crippen LogP contribution in [0.2, 0.25) is 0 Å². The monoisotopic (exact) mass is 334 g/mol. The van der Waals surface area contributed by atoms with Gasteiger partial charge in [0.1, 0.15) is 5.75 Å². The summed E-state index contributed by atoms with van der Waals surface area (Å²) >= 11 is 0. The Kier molecular flexibility index (Phi) is 5.29. The van der Waals surface area contributed by atoms with Gasteiger partial charge in [0.2, 0.25) is 5.91 Å². The summed E-state index contributed by atoms with van der Waals surface area (Å²) in [5.41, 5.74) is 4.17. The van der Waals surface area contributed by atoms with Crippen LogP contribution in [0.4, 0.5) is 0 Å². The first-order chi connectivity index (χ1) is 12.2. The van der Waals surface area contributed by atoms with Crippen LogP contribution < -0.4 is 10.1 Å². The van der Waals surface area contributed by atoms with Crippen molar-refractivity contribution in [3.8, 4) is 5.75 Å². The lowest BCUT2D eigenvalue weighted by atomic mass is 10.1. The van der Waals surface area contributed by atoms with Crippen LogP contribution in [0.25, 0.3) is 10.9 Å². The molecule has 2 aromatic carbocycles. The highest BCUT2D eigenvalue weighted by Gasteiger charge is 2.09. The zero-order valence-corrected chi connectivity index (χ0v) is 14.6. The fourth-order valence-electron chi connectivity index (χ4n) is 2.99. The van der Waals surface area contributed by atoms with E-state index in [1.54, 1.807) is 13.3 Å². The number of carbonyl (C=O) groups is 1. The minimum atomic E-state index is -0.00269. The second-order valence-corrected chi connectivity index (χ2v) is 6.08. The number of aryl methyl sites for hydroxylation is 1. The van der Waals surface area contributed by atoms with Crippen molar-refractivity contribution in [2.75, 3.05) is 13.7 Å². The first kappa shape index (κ1) is 17.0.